The van der Waals surface area contributed by atoms with Gasteiger partial charge in [0.25, 0.3) is 0 Å². The van der Waals surface area contributed by atoms with Crippen LogP contribution in [0.4, 0.5) is 5.00 Å². The Morgan fingerprint density at radius 1 is 1.26 bits per heavy atom. The van der Waals surface area contributed by atoms with Gasteiger partial charge in [0.15, 0.2) is 0 Å². The molecule has 2 amide bonds. The van der Waals surface area contributed by atoms with Crippen LogP contribution in [0, 0.1) is 26.7 Å². The van der Waals surface area contributed by atoms with Gasteiger partial charge >= 0.3 is 17.8 Å². The fourth-order valence-corrected chi connectivity index (χ4v) is 3.56. The van der Waals surface area contributed by atoms with Crippen molar-refractivity contribution in [1.82, 2.24) is 15.1 Å². The summed E-state index contributed by atoms with van der Waals surface area (Å²) in [5, 5.41) is 9.74. The standard InChI is InChI=1S/C18H24N4O4S/c1-10(9-22-7-6-11(2)21-22)8-19-15(23)16(24)20-17-14(18(25)26-5)12(3)13(4)27-17/h6-7,10H,8-9H2,1-5H3,(H,19,23)(H,20,24). The van der Waals surface area contributed by atoms with Crippen LogP contribution in [-0.2, 0) is 20.9 Å². The van der Waals surface area contributed by atoms with Gasteiger partial charge in [-0.15, -0.1) is 11.3 Å². The molecule has 2 N–H and O–H groups in total. The van der Waals surface area contributed by atoms with Crippen molar-refractivity contribution in [2.45, 2.75) is 34.2 Å². The Labute approximate surface area is 161 Å². The van der Waals surface area contributed by atoms with Gasteiger partial charge in [0.2, 0.25) is 0 Å². The highest BCUT2D eigenvalue weighted by Gasteiger charge is 2.24. The smallest absolute Gasteiger partial charge is 0.341 e. The first-order chi connectivity index (χ1) is 12.7. The van der Waals surface area contributed by atoms with E-state index in [1.54, 1.807) is 11.6 Å². The highest BCUT2D eigenvalue weighted by atomic mass is 32.1. The number of methoxy groups -OCH3 is 1. The summed E-state index contributed by atoms with van der Waals surface area (Å²) in [6, 6.07) is 1.91. The molecule has 0 bridgehead atoms. The maximum absolute atomic E-state index is 12.2. The summed E-state index contributed by atoms with van der Waals surface area (Å²) in [5.41, 5.74) is 1.93. The van der Waals surface area contributed by atoms with E-state index in [4.69, 9.17) is 4.74 Å². The van der Waals surface area contributed by atoms with Gasteiger partial charge in [0.05, 0.1) is 18.4 Å². The van der Waals surface area contributed by atoms with Crippen molar-refractivity contribution in [3.8, 4) is 0 Å². The van der Waals surface area contributed by atoms with E-state index in [1.165, 1.54) is 18.4 Å². The molecular formula is C18H24N4O4S. The Hall–Kier alpha value is -2.68. The first kappa shape index (κ1) is 20.6. The molecule has 0 aliphatic heterocycles. The van der Waals surface area contributed by atoms with Crippen molar-refractivity contribution >= 4 is 34.1 Å². The van der Waals surface area contributed by atoms with Crippen LogP contribution < -0.4 is 10.6 Å². The average Bonchev–Trinajstić information content (AvgIpc) is 3.15. The van der Waals surface area contributed by atoms with Gasteiger partial charge in [-0.1, -0.05) is 6.92 Å². The number of aryl methyl sites for hydroxylation is 2. The van der Waals surface area contributed by atoms with Crippen molar-refractivity contribution in [2.75, 3.05) is 19.0 Å². The molecule has 27 heavy (non-hydrogen) atoms. The largest absolute Gasteiger partial charge is 0.465 e. The number of esters is 1. The number of amides is 2. The monoisotopic (exact) mass is 392 g/mol. The topological polar surface area (TPSA) is 102 Å². The lowest BCUT2D eigenvalue weighted by Gasteiger charge is -2.12. The summed E-state index contributed by atoms with van der Waals surface area (Å²) >= 11 is 1.23. The van der Waals surface area contributed by atoms with Crippen molar-refractivity contribution in [1.29, 1.82) is 0 Å². The first-order valence-electron chi connectivity index (χ1n) is 8.50. The third kappa shape index (κ3) is 5.16. The number of anilines is 1. The SMILES string of the molecule is COC(=O)c1c(NC(=O)C(=O)NCC(C)Cn2ccc(C)n2)sc(C)c1C. The second-order valence-electron chi connectivity index (χ2n) is 6.43. The molecule has 0 spiro atoms. The van der Waals surface area contributed by atoms with Crippen LogP contribution in [0.2, 0.25) is 0 Å². The molecule has 0 aromatic carbocycles. The highest BCUT2D eigenvalue weighted by Crippen LogP contribution is 2.32. The van der Waals surface area contributed by atoms with E-state index in [-0.39, 0.29) is 11.5 Å². The molecule has 0 radical (unpaired) electrons. The third-order valence-corrected chi connectivity index (χ3v) is 5.21. The van der Waals surface area contributed by atoms with E-state index in [1.807, 2.05) is 33.0 Å². The van der Waals surface area contributed by atoms with Crippen LogP contribution in [0.15, 0.2) is 12.3 Å². The molecule has 2 aromatic rings. The molecule has 1 atom stereocenters. The number of aromatic nitrogens is 2. The Balaban J connectivity index is 1.93. The zero-order valence-corrected chi connectivity index (χ0v) is 16.9. The van der Waals surface area contributed by atoms with Gasteiger partial charge < -0.3 is 15.4 Å². The first-order valence-corrected chi connectivity index (χ1v) is 9.32. The molecule has 8 nitrogen and oxygen atoms in total. The minimum Gasteiger partial charge on any atom is -0.465 e. The third-order valence-electron chi connectivity index (χ3n) is 4.09. The lowest BCUT2D eigenvalue weighted by Crippen LogP contribution is -2.38. The molecule has 0 fully saturated rings. The fraction of sp³-hybridized carbons (Fsp3) is 0.444. The van der Waals surface area contributed by atoms with Gasteiger partial charge in [-0.05, 0) is 38.3 Å². The van der Waals surface area contributed by atoms with Gasteiger partial charge in [0, 0.05) is 24.2 Å². The second kappa shape index (κ2) is 8.81. The number of carbonyl (C=O) groups is 3. The van der Waals surface area contributed by atoms with E-state index in [9.17, 15) is 14.4 Å². The number of hydrogen-bond acceptors (Lipinski definition) is 6. The molecule has 1 unspecified atom stereocenters. The van der Waals surface area contributed by atoms with Crippen LogP contribution in [0.25, 0.3) is 0 Å². The van der Waals surface area contributed by atoms with Crippen LogP contribution in [0.1, 0.15) is 33.4 Å². The van der Waals surface area contributed by atoms with E-state index < -0.39 is 17.8 Å². The number of ether oxygens (including phenoxy) is 1. The number of nitrogens with one attached hydrogen (secondary N) is 2. The molecule has 2 heterocycles. The molecule has 0 aliphatic carbocycles. The van der Waals surface area contributed by atoms with Crippen LogP contribution >= 0.6 is 11.3 Å². The number of hydrogen-bond donors (Lipinski definition) is 2. The molecule has 0 saturated carbocycles. The quantitative estimate of drug-likeness (QED) is 0.579. The van der Waals surface area contributed by atoms with Crippen molar-refractivity contribution < 1.29 is 19.1 Å². The number of nitrogens with zero attached hydrogens (tertiary/aromatic N) is 2. The predicted molar refractivity (Wildman–Crippen MR) is 103 cm³/mol. The van der Waals surface area contributed by atoms with Gasteiger partial charge in [0.1, 0.15) is 5.00 Å². The summed E-state index contributed by atoms with van der Waals surface area (Å²) in [6.45, 7) is 8.43. The van der Waals surface area contributed by atoms with E-state index in [2.05, 4.69) is 15.7 Å². The Kier molecular flexibility index (Phi) is 6.73. The maximum atomic E-state index is 12.2. The van der Waals surface area contributed by atoms with E-state index in [0.717, 1.165) is 16.1 Å². The molecule has 9 heteroatoms. The molecule has 2 rings (SSSR count). The number of thiophene rings is 1. The predicted octanol–water partition coefficient (Wildman–Crippen LogP) is 2.05. The molecular weight excluding hydrogens is 368 g/mol. The van der Waals surface area contributed by atoms with Crippen molar-refractivity contribution in [3.63, 3.8) is 0 Å². The Morgan fingerprint density at radius 3 is 2.56 bits per heavy atom. The highest BCUT2D eigenvalue weighted by molar-refractivity contribution is 7.17. The summed E-state index contributed by atoms with van der Waals surface area (Å²) in [6.07, 6.45) is 1.87. The summed E-state index contributed by atoms with van der Waals surface area (Å²) in [5.74, 6) is -2.02. The maximum Gasteiger partial charge on any atom is 0.341 e. The number of carbonyl (C=O) groups excluding carboxylic acids is 3. The molecule has 2 aromatic heterocycles. The van der Waals surface area contributed by atoms with E-state index >= 15 is 0 Å². The van der Waals surface area contributed by atoms with Crippen LogP contribution in [0.3, 0.4) is 0 Å². The minimum atomic E-state index is -0.816. The normalized spacial score (nSPS) is 11.7. The summed E-state index contributed by atoms with van der Waals surface area (Å²) in [4.78, 5) is 37.1. The Bertz CT molecular complexity index is 856. The zero-order valence-electron chi connectivity index (χ0n) is 16.1. The molecule has 146 valence electrons. The van der Waals surface area contributed by atoms with E-state index in [0.29, 0.717) is 18.1 Å². The van der Waals surface area contributed by atoms with Gasteiger partial charge in [-0.2, -0.15) is 5.10 Å². The van der Waals surface area contributed by atoms with Crippen molar-refractivity contribution in [2.24, 2.45) is 5.92 Å². The van der Waals surface area contributed by atoms with Gasteiger partial charge in [-0.3, -0.25) is 14.3 Å². The second-order valence-corrected chi connectivity index (χ2v) is 7.65. The molecule has 0 aliphatic rings. The lowest BCUT2D eigenvalue weighted by atomic mass is 10.1. The van der Waals surface area contributed by atoms with Crippen molar-refractivity contribution in [3.05, 3.63) is 34.0 Å². The Morgan fingerprint density at radius 2 is 1.96 bits per heavy atom. The minimum absolute atomic E-state index is 0.0953. The fourth-order valence-electron chi connectivity index (χ4n) is 2.52. The van der Waals surface area contributed by atoms with Gasteiger partial charge in [-0.25, -0.2) is 4.79 Å². The van der Waals surface area contributed by atoms with Crippen LogP contribution in [0.5, 0.6) is 0 Å². The zero-order chi connectivity index (χ0) is 20.1. The number of rotatable bonds is 6. The molecule has 0 saturated heterocycles. The lowest BCUT2D eigenvalue weighted by molar-refractivity contribution is -0.136. The summed E-state index contributed by atoms with van der Waals surface area (Å²) < 4.78 is 6.56. The summed E-state index contributed by atoms with van der Waals surface area (Å²) in [7, 11) is 1.27. The average molecular weight is 392 g/mol. The van der Waals surface area contributed by atoms with Crippen LogP contribution in [-0.4, -0.2) is 41.2 Å².